The van der Waals surface area contributed by atoms with Gasteiger partial charge in [0.15, 0.2) is 0 Å². The van der Waals surface area contributed by atoms with Crippen LogP contribution in [-0.4, -0.2) is 41.2 Å². The Bertz CT molecular complexity index is 922. The number of carbonyl (C=O) groups is 1. The molecule has 4 rings (SSSR count). The van der Waals surface area contributed by atoms with Gasteiger partial charge in [0.1, 0.15) is 5.75 Å². The Morgan fingerprint density at radius 2 is 1.93 bits per heavy atom. The summed E-state index contributed by atoms with van der Waals surface area (Å²) in [6.45, 7) is 1.40. The average molecular weight is 377 g/mol. The van der Waals surface area contributed by atoms with Crippen molar-refractivity contribution in [3.63, 3.8) is 0 Å². The minimum atomic E-state index is 0.0768. The Hall–Kier alpha value is -3.15. The first-order valence-corrected chi connectivity index (χ1v) is 9.52. The highest BCUT2D eigenvalue weighted by Gasteiger charge is 2.28. The fraction of sp³-hybridized carbons (Fsp3) is 0.318. The zero-order chi connectivity index (χ0) is 19.3. The van der Waals surface area contributed by atoms with Gasteiger partial charge in [0.05, 0.1) is 19.4 Å². The van der Waals surface area contributed by atoms with Gasteiger partial charge >= 0.3 is 0 Å². The van der Waals surface area contributed by atoms with E-state index in [-0.39, 0.29) is 11.8 Å². The third-order valence-electron chi connectivity index (χ3n) is 5.10. The molecule has 0 spiro atoms. The Morgan fingerprint density at radius 3 is 2.68 bits per heavy atom. The van der Waals surface area contributed by atoms with E-state index in [0.717, 1.165) is 36.3 Å². The average Bonchev–Trinajstić information content (AvgIpc) is 3.25. The number of nitrogens with zero attached hydrogens (tertiary/aromatic N) is 3. The predicted octanol–water partition coefficient (Wildman–Crippen LogP) is 3.69. The number of aromatic nitrogens is 2. The molecule has 1 fully saturated rings. The Kier molecular flexibility index (Phi) is 5.37. The maximum Gasteiger partial charge on any atom is 0.247 e. The molecule has 6 nitrogen and oxygen atoms in total. The van der Waals surface area contributed by atoms with Crippen LogP contribution in [0.25, 0.3) is 11.5 Å². The fourth-order valence-corrected chi connectivity index (χ4v) is 3.54. The van der Waals surface area contributed by atoms with Crippen LogP contribution in [0.5, 0.6) is 5.75 Å². The lowest BCUT2D eigenvalue weighted by Crippen LogP contribution is -2.40. The highest BCUT2D eigenvalue weighted by molar-refractivity contribution is 5.79. The standard InChI is InChI=1S/C22H23N3O3/c1-27-19-11-9-17(10-12-19)21-23-24-22(28-21)18-8-5-13-25(15-18)20(26)14-16-6-3-2-4-7-16/h2-4,6-7,9-12,18H,5,8,13-15H2,1H3. The van der Waals surface area contributed by atoms with Crippen LogP contribution in [0.3, 0.4) is 0 Å². The van der Waals surface area contributed by atoms with Crippen LogP contribution in [0.4, 0.5) is 0 Å². The Morgan fingerprint density at radius 1 is 1.14 bits per heavy atom. The normalized spacial score (nSPS) is 16.8. The van der Waals surface area contributed by atoms with E-state index in [1.54, 1.807) is 7.11 Å². The van der Waals surface area contributed by atoms with E-state index in [2.05, 4.69) is 10.2 Å². The second kappa shape index (κ2) is 8.25. The molecule has 0 N–H and O–H groups in total. The van der Waals surface area contributed by atoms with Crippen molar-refractivity contribution in [2.75, 3.05) is 20.2 Å². The number of rotatable bonds is 5. The van der Waals surface area contributed by atoms with Crippen molar-refractivity contribution >= 4 is 5.91 Å². The van der Waals surface area contributed by atoms with Crippen LogP contribution >= 0.6 is 0 Å². The van der Waals surface area contributed by atoms with E-state index in [1.807, 2.05) is 59.5 Å². The minimum absolute atomic E-state index is 0.0768. The molecule has 0 radical (unpaired) electrons. The number of hydrogen-bond acceptors (Lipinski definition) is 5. The number of hydrogen-bond donors (Lipinski definition) is 0. The minimum Gasteiger partial charge on any atom is -0.497 e. The van der Waals surface area contributed by atoms with Gasteiger partial charge in [-0.15, -0.1) is 10.2 Å². The van der Waals surface area contributed by atoms with E-state index < -0.39 is 0 Å². The van der Waals surface area contributed by atoms with E-state index in [4.69, 9.17) is 9.15 Å². The topological polar surface area (TPSA) is 68.5 Å². The van der Waals surface area contributed by atoms with Crippen LogP contribution in [0.2, 0.25) is 0 Å². The van der Waals surface area contributed by atoms with Gasteiger partial charge in [-0.1, -0.05) is 30.3 Å². The number of carbonyl (C=O) groups excluding carboxylic acids is 1. The first-order chi connectivity index (χ1) is 13.7. The predicted molar refractivity (Wildman–Crippen MR) is 105 cm³/mol. The molecule has 1 amide bonds. The van der Waals surface area contributed by atoms with Crippen LogP contribution in [0.15, 0.2) is 59.0 Å². The van der Waals surface area contributed by atoms with E-state index in [9.17, 15) is 4.79 Å². The van der Waals surface area contributed by atoms with E-state index in [1.165, 1.54) is 0 Å². The number of benzene rings is 2. The SMILES string of the molecule is COc1ccc(-c2nnc(C3CCCN(C(=O)Cc4ccccc4)C3)o2)cc1. The molecule has 1 aliphatic rings. The van der Waals surface area contributed by atoms with Crippen LogP contribution in [0.1, 0.15) is 30.2 Å². The molecular weight excluding hydrogens is 354 g/mol. The molecule has 0 saturated carbocycles. The van der Waals surface area contributed by atoms with Gasteiger partial charge in [0.25, 0.3) is 0 Å². The summed E-state index contributed by atoms with van der Waals surface area (Å²) in [7, 11) is 1.63. The van der Waals surface area contributed by atoms with Gasteiger partial charge in [0.2, 0.25) is 17.7 Å². The van der Waals surface area contributed by atoms with Crippen molar-refractivity contribution in [2.45, 2.75) is 25.2 Å². The van der Waals surface area contributed by atoms with Crippen LogP contribution in [0, 0.1) is 0 Å². The van der Waals surface area contributed by atoms with Gasteiger partial charge in [-0.05, 0) is 42.7 Å². The number of amides is 1. The number of ether oxygens (including phenoxy) is 1. The molecule has 1 aromatic heterocycles. The molecular formula is C22H23N3O3. The summed E-state index contributed by atoms with van der Waals surface area (Å²) in [6.07, 6.45) is 2.30. The molecule has 1 atom stereocenters. The van der Waals surface area contributed by atoms with Gasteiger partial charge in [-0.2, -0.15) is 0 Å². The monoisotopic (exact) mass is 377 g/mol. The smallest absolute Gasteiger partial charge is 0.247 e. The van der Waals surface area contributed by atoms with Gasteiger partial charge in [-0.3, -0.25) is 4.79 Å². The lowest BCUT2D eigenvalue weighted by atomic mass is 9.97. The van der Waals surface area contributed by atoms with Crippen LogP contribution < -0.4 is 4.74 Å². The lowest BCUT2D eigenvalue weighted by molar-refractivity contribution is -0.131. The number of likely N-dealkylation sites (tertiary alicyclic amines) is 1. The summed E-state index contributed by atoms with van der Waals surface area (Å²) >= 11 is 0. The zero-order valence-electron chi connectivity index (χ0n) is 15.9. The highest BCUT2D eigenvalue weighted by Crippen LogP contribution is 2.29. The molecule has 28 heavy (non-hydrogen) atoms. The zero-order valence-corrected chi connectivity index (χ0v) is 15.9. The largest absolute Gasteiger partial charge is 0.497 e. The molecule has 1 saturated heterocycles. The van der Waals surface area contributed by atoms with Crippen molar-refractivity contribution in [1.82, 2.24) is 15.1 Å². The Balaban J connectivity index is 1.43. The van der Waals surface area contributed by atoms with E-state index in [0.29, 0.717) is 24.7 Å². The van der Waals surface area contributed by atoms with Crippen molar-refractivity contribution in [1.29, 1.82) is 0 Å². The Labute approximate surface area is 164 Å². The molecule has 0 bridgehead atoms. The van der Waals surface area contributed by atoms with Crippen molar-refractivity contribution in [2.24, 2.45) is 0 Å². The summed E-state index contributed by atoms with van der Waals surface area (Å²) < 4.78 is 11.1. The van der Waals surface area contributed by atoms with Gasteiger partial charge in [-0.25, -0.2) is 0 Å². The third kappa shape index (κ3) is 4.06. The lowest BCUT2D eigenvalue weighted by Gasteiger charge is -2.31. The molecule has 0 aliphatic carbocycles. The summed E-state index contributed by atoms with van der Waals surface area (Å²) in [4.78, 5) is 14.6. The van der Waals surface area contributed by atoms with Crippen molar-refractivity contribution in [3.8, 4) is 17.2 Å². The van der Waals surface area contributed by atoms with Gasteiger partial charge < -0.3 is 14.1 Å². The number of piperidine rings is 1. The highest BCUT2D eigenvalue weighted by atomic mass is 16.5. The summed E-state index contributed by atoms with van der Waals surface area (Å²) in [5.41, 5.74) is 1.89. The maximum atomic E-state index is 12.7. The summed E-state index contributed by atoms with van der Waals surface area (Å²) in [6, 6.07) is 17.4. The first kappa shape index (κ1) is 18.2. The first-order valence-electron chi connectivity index (χ1n) is 9.52. The molecule has 1 aliphatic heterocycles. The molecule has 1 unspecified atom stereocenters. The van der Waals surface area contributed by atoms with E-state index >= 15 is 0 Å². The second-order valence-corrected chi connectivity index (χ2v) is 7.02. The van der Waals surface area contributed by atoms with Crippen LogP contribution in [-0.2, 0) is 11.2 Å². The third-order valence-corrected chi connectivity index (χ3v) is 5.10. The van der Waals surface area contributed by atoms with Gasteiger partial charge in [0, 0.05) is 18.7 Å². The maximum absolute atomic E-state index is 12.7. The molecule has 2 aromatic carbocycles. The number of methoxy groups -OCH3 is 1. The second-order valence-electron chi connectivity index (χ2n) is 7.02. The molecule has 2 heterocycles. The van der Waals surface area contributed by atoms with Crippen molar-refractivity contribution in [3.05, 3.63) is 66.1 Å². The summed E-state index contributed by atoms with van der Waals surface area (Å²) in [5.74, 6) is 2.09. The quantitative estimate of drug-likeness (QED) is 0.678. The summed E-state index contributed by atoms with van der Waals surface area (Å²) in [5, 5.41) is 8.44. The molecule has 6 heteroatoms. The van der Waals surface area contributed by atoms with Crippen molar-refractivity contribution < 1.29 is 13.9 Å². The fourth-order valence-electron chi connectivity index (χ4n) is 3.54. The molecule has 3 aromatic rings. The molecule has 144 valence electrons.